The molecule has 2 aromatic carbocycles. The summed E-state index contributed by atoms with van der Waals surface area (Å²) >= 11 is 0.645. The van der Waals surface area contributed by atoms with E-state index in [1.807, 2.05) is 0 Å². The van der Waals surface area contributed by atoms with Gasteiger partial charge >= 0.3 is 17.8 Å². The van der Waals surface area contributed by atoms with Gasteiger partial charge in [0.15, 0.2) is 0 Å². The number of nitro benzene ring substituents is 1. The molecule has 35 heavy (non-hydrogen) atoms. The van der Waals surface area contributed by atoms with Crippen LogP contribution in [0.3, 0.4) is 0 Å². The summed E-state index contributed by atoms with van der Waals surface area (Å²) in [6.45, 7) is 2.75. The SMILES string of the molecule is CC(C)OC(=O)CN1C(=O)S/C(=C/c2ccc(Oc3ccc(C(F)(F)F)cc3[N+](=O)[O-])cc2)C1=O. The quantitative estimate of drug-likeness (QED) is 0.211. The number of nitrogens with zero attached hydrogens (tertiary/aromatic N) is 2. The Morgan fingerprint density at radius 2 is 1.83 bits per heavy atom. The number of esters is 1. The minimum Gasteiger partial charge on any atom is -0.462 e. The fourth-order valence-corrected chi connectivity index (χ4v) is 3.74. The van der Waals surface area contributed by atoms with Gasteiger partial charge in [-0.25, -0.2) is 0 Å². The maximum absolute atomic E-state index is 12.8. The molecule has 2 aromatic rings. The third-order valence-corrected chi connectivity index (χ3v) is 5.32. The van der Waals surface area contributed by atoms with Gasteiger partial charge in [-0.3, -0.25) is 29.4 Å². The predicted molar refractivity (Wildman–Crippen MR) is 119 cm³/mol. The number of carbonyl (C=O) groups excluding carboxylic acids is 3. The van der Waals surface area contributed by atoms with E-state index < -0.39 is 52.1 Å². The maximum atomic E-state index is 12.8. The van der Waals surface area contributed by atoms with Crippen LogP contribution < -0.4 is 4.74 Å². The topological polar surface area (TPSA) is 116 Å². The Labute approximate surface area is 200 Å². The molecule has 0 aliphatic carbocycles. The Morgan fingerprint density at radius 3 is 2.40 bits per heavy atom. The van der Waals surface area contributed by atoms with Crippen molar-refractivity contribution in [3.05, 3.63) is 68.6 Å². The van der Waals surface area contributed by atoms with E-state index in [1.54, 1.807) is 13.8 Å². The van der Waals surface area contributed by atoms with Gasteiger partial charge in [0.25, 0.3) is 11.1 Å². The zero-order chi connectivity index (χ0) is 25.9. The van der Waals surface area contributed by atoms with E-state index in [2.05, 4.69) is 0 Å². The summed E-state index contributed by atoms with van der Waals surface area (Å²) in [6.07, 6.45) is -3.74. The van der Waals surface area contributed by atoms with Crippen LogP contribution in [0.2, 0.25) is 0 Å². The molecule has 2 amide bonds. The van der Waals surface area contributed by atoms with Crippen molar-refractivity contribution in [2.75, 3.05) is 6.54 Å². The number of ether oxygens (including phenoxy) is 2. The summed E-state index contributed by atoms with van der Waals surface area (Å²) < 4.78 is 48.9. The Hall–Kier alpha value is -3.87. The monoisotopic (exact) mass is 510 g/mol. The smallest absolute Gasteiger partial charge is 0.416 e. The van der Waals surface area contributed by atoms with Crippen LogP contribution in [0.25, 0.3) is 6.08 Å². The third kappa shape index (κ3) is 6.38. The molecule has 0 radical (unpaired) electrons. The molecule has 0 bridgehead atoms. The summed E-state index contributed by atoms with van der Waals surface area (Å²) in [7, 11) is 0. The van der Waals surface area contributed by atoms with Crippen molar-refractivity contribution in [1.82, 2.24) is 4.90 Å². The number of halogens is 3. The molecule has 0 unspecified atom stereocenters. The Kier molecular flexibility index (Phi) is 7.48. The summed E-state index contributed by atoms with van der Waals surface area (Å²) in [5.41, 5.74) is -1.57. The van der Waals surface area contributed by atoms with E-state index in [-0.39, 0.29) is 16.4 Å². The van der Waals surface area contributed by atoms with Gasteiger partial charge in [-0.05, 0) is 61.5 Å². The highest BCUT2D eigenvalue weighted by atomic mass is 32.2. The number of thioether (sulfide) groups is 1. The van der Waals surface area contributed by atoms with E-state index in [4.69, 9.17) is 9.47 Å². The third-order valence-electron chi connectivity index (χ3n) is 4.42. The molecule has 0 saturated carbocycles. The van der Waals surface area contributed by atoms with Gasteiger partial charge in [-0.1, -0.05) is 12.1 Å². The number of hydrogen-bond acceptors (Lipinski definition) is 8. The number of alkyl halides is 3. The van der Waals surface area contributed by atoms with Crippen molar-refractivity contribution >= 4 is 40.6 Å². The van der Waals surface area contributed by atoms with Gasteiger partial charge in [-0.2, -0.15) is 13.2 Å². The van der Waals surface area contributed by atoms with Gasteiger partial charge in [0.05, 0.1) is 21.5 Å². The number of nitro groups is 1. The second-order valence-electron chi connectivity index (χ2n) is 7.41. The van der Waals surface area contributed by atoms with Crippen LogP contribution in [0.1, 0.15) is 25.0 Å². The molecule has 0 aromatic heterocycles. The molecule has 0 N–H and O–H groups in total. The average molecular weight is 510 g/mol. The lowest BCUT2D eigenvalue weighted by atomic mass is 10.1. The number of carbonyl (C=O) groups is 3. The highest BCUT2D eigenvalue weighted by Crippen LogP contribution is 2.38. The second-order valence-corrected chi connectivity index (χ2v) is 8.41. The summed E-state index contributed by atoms with van der Waals surface area (Å²) in [5.74, 6) is -1.68. The van der Waals surface area contributed by atoms with E-state index >= 15 is 0 Å². The minimum absolute atomic E-state index is 0.0689. The van der Waals surface area contributed by atoms with Crippen molar-refractivity contribution in [1.29, 1.82) is 0 Å². The van der Waals surface area contributed by atoms with Crippen molar-refractivity contribution in [3.8, 4) is 11.5 Å². The van der Waals surface area contributed by atoms with Crippen LogP contribution >= 0.6 is 11.8 Å². The van der Waals surface area contributed by atoms with Crippen LogP contribution in [-0.4, -0.2) is 39.6 Å². The molecular formula is C22H17F3N2O7S. The van der Waals surface area contributed by atoms with Crippen LogP contribution in [-0.2, 0) is 20.5 Å². The van der Waals surface area contributed by atoms with Gasteiger partial charge in [-0.15, -0.1) is 0 Å². The van der Waals surface area contributed by atoms with Crippen LogP contribution in [0, 0.1) is 10.1 Å². The van der Waals surface area contributed by atoms with E-state index in [0.717, 1.165) is 11.0 Å². The fraction of sp³-hybridized carbons (Fsp3) is 0.227. The van der Waals surface area contributed by atoms with Crippen LogP contribution in [0.15, 0.2) is 47.4 Å². The number of hydrogen-bond donors (Lipinski definition) is 0. The molecular weight excluding hydrogens is 493 g/mol. The summed E-state index contributed by atoms with van der Waals surface area (Å²) in [5, 5.41) is 10.6. The highest BCUT2D eigenvalue weighted by Gasteiger charge is 2.37. The zero-order valence-corrected chi connectivity index (χ0v) is 19.0. The molecule has 3 rings (SSSR count). The van der Waals surface area contributed by atoms with E-state index in [9.17, 15) is 37.7 Å². The summed E-state index contributed by atoms with van der Waals surface area (Å²) in [6, 6.07) is 7.64. The molecule has 1 aliphatic rings. The average Bonchev–Trinajstić information content (AvgIpc) is 3.01. The van der Waals surface area contributed by atoms with E-state index in [1.165, 1.54) is 30.3 Å². The first-order valence-corrected chi connectivity index (χ1v) is 10.7. The zero-order valence-electron chi connectivity index (χ0n) is 18.2. The van der Waals surface area contributed by atoms with Crippen LogP contribution in [0.5, 0.6) is 11.5 Å². The Balaban J connectivity index is 1.74. The van der Waals surface area contributed by atoms with E-state index in [0.29, 0.717) is 29.5 Å². The number of benzene rings is 2. The molecule has 0 atom stereocenters. The predicted octanol–water partition coefficient (Wildman–Crippen LogP) is 5.39. The van der Waals surface area contributed by atoms with Gasteiger partial charge in [0, 0.05) is 6.07 Å². The standard InChI is InChI=1S/C22H17F3N2O7S/c1-12(2)33-19(28)11-26-20(29)18(35-21(26)30)9-13-3-6-15(7-4-13)34-17-8-5-14(22(23,24)25)10-16(17)27(31)32/h3-10,12H,11H2,1-2H3/b18-9+. The Bertz CT molecular complexity index is 1210. The molecule has 1 saturated heterocycles. The fourth-order valence-electron chi connectivity index (χ4n) is 2.90. The van der Waals surface area contributed by atoms with Gasteiger partial charge in [0.1, 0.15) is 12.3 Å². The van der Waals surface area contributed by atoms with Crippen molar-refractivity contribution < 1.29 is 42.0 Å². The number of imide groups is 1. The lowest BCUT2D eigenvalue weighted by molar-refractivity contribution is -0.385. The van der Waals surface area contributed by atoms with Crippen molar-refractivity contribution in [2.24, 2.45) is 0 Å². The second kappa shape index (κ2) is 10.2. The molecule has 1 heterocycles. The normalized spacial score (nSPS) is 15.1. The lowest BCUT2D eigenvalue weighted by Gasteiger charge is -2.13. The largest absolute Gasteiger partial charge is 0.462 e. The maximum Gasteiger partial charge on any atom is 0.416 e. The minimum atomic E-state index is -4.75. The van der Waals surface area contributed by atoms with Crippen molar-refractivity contribution in [3.63, 3.8) is 0 Å². The van der Waals surface area contributed by atoms with Crippen molar-refractivity contribution in [2.45, 2.75) is 26.1 Å². The lowest BCUT2D eigenvalue weighted by Crippen LogP contribution is -2.35. The Morgan fingerprint density at radius 1 is 1.17 bits per heavy atom. The first kappa shape index (κ1) is 25.7. The van der Waals surface area contributed by atoms with Gasteiger partial charge in [0.2, 0.25) is 5.75 Å². The summed E-state index contributed by atoms with van der Waals surface area (Å²) in [4.78, 5) is 47.4. The highest BCUT2D eigenvalue weighted by molar-refractivity contribution is 8.18. The molecule has 9 nitrogen and oxygen atoms in total. The molecule has 0 spiro atoms. The molecule has 184 valence electrons. The molecule has 1 fully saturated rings. The number of amides is 2. The number of rotatable bonds is 7. The first-order chi connectivity index (χ1) is 16.3. The van der Waals surface area contributed by atoms with Gasteiger partial charge < -0.3 is 9.47 Å². The molecule has 13 heteroatoms. The first-order valence-electron chi connectivity index (χ1n) is 9.93. The van der Waals surface area contributed by atoms with Crippen LogP contribution in [0.4, 0.5) is 23.7 Å². The molecule has 1 aliphatic heterocycles.